The summed E-state index contributed by atoms with van der Waals surface area (Å²) in [6.07, 6.45) is 3.48. The maximum absolute atomic E-state index is 11.9. The summed E-state index contributed by atoms with van der Waals surface area (Å²) in [6.45, 7) is 6.54. The topological polar surface area (TPSA) is 92.4 Å². The molecule has 0 saturated carbocycles. The van der Waals surface area contributed by atoms with Crippen molar-refractivity contribution in [2.45, 2.75) is 58.3 Å². The van der Waals surface area contributed by atoms with Crippen LogP contribution >= 0.6 is 0 Å². The predicted molar refractivity (Wildman–Crippen MR) is 78.3 cm³/mol. The minimum absolute atomic E-state index is 0.171. The standard InChI is InChI=1S/C15H24N2O4/c1-15(2,3)12-10-11(17-21-12)14(20)16-9-7-5-4-6-8-13(18)19/h10H,4-9H2,1-3H3,(H,16,20)(H,18,19). The number of carboxylic acid groups (broad SMARTS) is 1. The summed E-state index contributed by atoms with van der Waals surface area (Å²) in [5, 5.41) is 15.1. The molecule has 0 aliphatic carbocycles. The third-order valence-electron chi connectivity index (χ3n) is 3.08. The molecule has 0 aromatic carbocycles. The third-order valence-corrected chi connectivity index (χ3v) is 3.08. The van der Waals surface area contributed by atoms with E-state index in [1.54, 1.807) is 6.07 Å². The maximum atomic E-state index is 11.9. The summed E-state index contributed by atoms with van der Waals surface area (Å²) in [6, 6.07) is 1.67. The number of amides is 1. The zero-order valence-corrected chi connectivity index (χ0v) is 12.9. The number of nitrogens with one attached hydrogen (secondary N) is 1. The highest BCUT2D eigenvalue weighted by Gasteiger charge is 2.21. The Balaban J connectivity index is 2.22. The number of aliphatic carboxylic acids is 1. The molecule has 0 aliphatic rings. The Bertz CT molecular complexity index is 474. The molecule has 0 aliphatic heterocycles. The normalized spacial score (nSPS) is 11.4. The molecular weight excluding hydrogens is 272 g/mol. The average Bonchev–Trinajstić information content (AvgIpc) is 2.86. The highest BCUT2D eigenvalue weighted by molar-refractivity contribution is 5.92. The van der Waals surface area contributed by atoms with E-state index in [0.29, 0.717) is 24.4 Å². The van der Waals surface area contributed by atoms with Gasteiger partial charge < -0.3 is 14.9 Å². The second-order valence-corrected chi connectivity index (χ2v) is 6.14. The molecule has 1 amide bonds. The van der Waals surface area contributed by atoms with E-state index in [2.05, 4.69) is 10.5 Å². The van der Waals surface area contributed by atoms with E-state index in [1.165, 1.54) is 0 Å². The Labute approximate surface area is 124 Å². The first-order valence-corrected chi connectivity index (χ1v) is 7.28. The fraction of sp³-hybridized carbons (Fsp3) is 0.667. The minimum atomic E-state index is -0.760. The lowest BCUT2D eigenvalue weighted by molar-refractivity contribution is -0.137. The van der Waals surface area contributed by atoms with Gasteiger partial charge in [-0.05, 0) is 12.8 Å². The van der Waals surface area contributed by atoms with Gasteiger partial charge in [0.25, 0.3) is 5.91 Å². The molecule has 0 atom stereocenters. The first-order valence-electron chi connectivity index (χ1n) is 7.28. The number of carbonyl (C=O) groups excluding carboxylic acids is 1. The second-order valence-electron chi connectivity index (χ2n) is 6.14. The molecule has 0 unspecified atom stereocenters. The van der Waals surface area contributed by atoms with Crippen molar-refractivity contribution in [1.29, 1.82) is 0 Å². The van der Waals surface area contributed by atoms with E-state index in [0.717, 1.165) is 19.3 Å². The fourth-order valence-electron chi connectivity index (χ4n) is 1.78. The molecule has 0 bridgehead atoms. The van der Waals surface area contributed by atoms with Gasteiger partial charge in [0.2, 0.25) is 0 Å². The van der Waals surface area contributed by atoms with Crippen LogP contribution in [-0.2, 0) is 10.2 Å². The van der Waals surface area contributed by atoms with Gasteiger partial charge in [0, 0.05) is 24.4 Å². The first-order chi connectivity index (χ1) is 9.80. The van der Waals surface area contributed by atoms with Crippen LogP contribution in [0.2, 0.25) is 0 Å². The van der Waals surface area contributed by atoms with Crippen LogP contribution in [0.4, 0.5) is 0 Å². The van der Waals surface area contributed by atoms with Gasteiger partial charge in [-0.25, -0.2) is 0 Å². The molecular formula is C15H24N2O4. The predicted octanol–water partition coefficient (Wildman–Crippen LogP) is 2.74. The smallest absolute Gasteiger partial charge is 0.303 e. The molecule has 0 saturated heterocycles. The molecule has 0 spiro atoms. The van der Waals surface area contributed by atoms with E-state index in [9.17, 15) is 9.59 Å². The van der Waals surface area contributed by atoms with E-state index in [-0.39, 0.29) is 17.7 Å². The lowest BCUT2D eigenvalue weighted by Crippen LogP contribution is -2.24. The van der Waals surface area contributed by atoms with Gasteiger partial charge in [-0.15, -0.1) is 0 Å². The van der Waals surface area contributed by atoms with Crippen molar-refractivity contribution in [1.82, 2.24) is 10.5 Å². The number of nitrogens with zero attached hydrogens (tertiary/aromatic N) is 1. The van der Waals surface area contributed by atoms with Crippen molar-refractivity contribution in [2.24, 2.45) is 0 Å². The molecule has 1 rings (SSSR count). The van der Waals surface area contributed by atoms with E-state index >= 15 is 0 Å². The molecule has 118 valence electrons. The largest absolute Gasteiger partial charge is 0.481 e. The molecule has 1 heterocycles. The van der Waals surface area contributed by atoms with Crippen LogP contribution in [0.15, 0.2) is 10.6 Å². The zero-order chi connectivity index (χ0) is 15.9. The minimum Gasteiger partial charge on any atom is -0.481 e. The molecule has 0 radical (unpaired) electrons. The van der Waals surface area contributed by atoms with Crippen LogP contribution in [0, 0.1) is 0 Å². The molecule has 1 aromatic rings. The van der Waals surface area contributed by atoms with Crippen molar-refractivity contribution in [3.63, 3.8) is 0 Å². The molecule has 21 heavy (non-hydrogen) atoms. The highest BCUT2D eigenvalue weighted by Crippen LogP contribution is 2.22. The highest BCUT2D eigenvalue weighted by atomic mass is 16.5. The van der Waals surface area contributed by atoms with Gasteiger partial charge in [0.1, 0.15) is 5.76 Å². The van der Waals surface area contributed by atoms with Gasteiger partial charge in [-0.3, -0.25) is 9.59 Å². The number of hydrogen-bond acceptors (Lipinski definition) is 4. The van der Waals surface area contributed by atoms with Crippen LogP contribution in [0.3, 0.4) is 0 Å². The number of unbranched alkanes of at least 4 members (excludes halogenated alkanes) is 3. The Hall–Kier alpha value is -1.85. The van der Waals surface area contributed by atoms with E-state index in [4.69, 9.17) is 9.63 Å². The summed E-state index contributed by atoms with van der Waals surface area (Å²) in [4.78, 5) is 22.2. The Morgan fingerprint density at radius 1 is 1.24 bits per heavy atom. The first kappa shape index (κ1) is 17.2. The van der Waals surface area contributed by atoms with Crippen LogP contribution < -0.4 is 5.32 Å². The number of rotatable bonds is 8. The molecule has 0 fully saturated rings. The summed E-state index contributed by atoms with van der Waals surface area (Å²) >= 11 is 0. The zero-order valence-electron chi connectivity index (χ0n) is 12.9. The van der Waals surface area contributed by atoms with Crippen molar-refractivity contribution in [3.05, 3.63) is 17.5 Å². The van der Waals surface area contributed by atoms with Crippen molar-refractivity contribution >= 4 is 11.9 Å². The van der Waals surface area contributed by atoms with Crippen LogP contribution in [0.25, 0.3) is 0 Å². The number of hydrogen-bond donors (Lipinski definition) is 2. The average molecular weight is 296 g/mol. The number of carbonyl (C=O) groups is 2. The van der Waals surface area contributed by atoms with Crippen LogP contribution in [0.1, 0.15) is 69.1 Å². The third kappa shape index (κ3) is 6.42. The molecule has 6 nitrogen and oxygen atoms in total. The Kier molecular flexibility index (Phi) is 6.39. The van der Waals surface area contributed by atoms with Gasteiger partial charge >= 0.3 is 5.97 Å². The van der Waals surface area contributed by atoms with Crippen molar-refractivity contribution < 1.29 is 19.2 Å². The van der Waals surface area contributed by atoms with Crippen LogP contribution in [-0.4, -0.2) is 28.7 Å². The summed E-state index contributed by atoms with van der Waals surface area (Å²) in [5.74, 6) is -0.315. The quantitative estimate of drug-likeness (QED) is 0.719. The molecule has 2 N–H and O–H groups in total. The van der Waals surface area contributed by atoms with E-state index in [1.807, 2.05) is 20.8 Å². The fourth-order valence-corrected chi connectivity index (χ4v) is 1.78. The Morgan fingerprint density at radius 3 is 2.48 bits per heavy atom. The SMILES string of the molecule is CC(C)(C)c1cc(C(=O)NCCCCCCC(=O)O)no1. The monoisotopic (exact) mass is 296 g/mol. The van der Waals surface area contributed by atoms with Gasteiger partial charge in [0.15, 0.2) is 5.69 Å². The van der Waals surface area contributed by atoms with Gasteiger partial charge in [0.05, 0.1) is 0 Å². The van der Waals surface area contributed by atoms with Gasteiger partial charge in [-0.1, -0.05) is 38.8 Å². The summed E-state index contributed by atoms with van der Waals surface area (Å²) in [5.41, 5.74) is 0.126. The van der Waals surface area contributed by atoms with Crippen molar-refractivity contribution in [3.8, 4) is 0 Å². The number of aromatic nitrogens is 1. The van der Waals surface area contributed by atoms with Gasteiger partial charge in [-0.2, -0.15) is 0 Å². The van der Waals surface area contributed by atoms with Crippen LogP contribution in [0.5, 0.6) is 0 Å². The lowest BCUT2D eigenvalue weighted by Gasteiger charge is -2.12. The molecule has 1 aromatic heterocycles. The lowest BCUT2D eigenvalue weighted by atomic mass is 9.93. The van der Waals surface area contributed by atoms with Crippen molar-refractivity contribution in [2.75, 3.05) is 6.54 Å². The Morgan fingerprint density at radius 2 is 1.90 bits per heavy atom. The number of carboxylic acids is 1. The second kappa shape index (κ2) is 7.81. The maximum Gasteiger partial charge on any atom is 0.303 e. The summed E-state index contributed by atoms with van der Waals surface area (Å²) in [7, 11) is 0. The van der Waals surface area contributed by atoms with E-state index < -0.39 is 5.97 Å². The summed E-state index contributed by atoms with van der Waals surface area (Å²) < 4.78 is 5.17. The molecule has 6 heteroatoms.